The van der Waals surface area contributed by atoms with Crippen LogP contribution in [-0.4, -0.2) is 35.2 Å². The summed E-state index contributed by atoms with van der Waals surface area (Å²) in [6, 6.07) is 0.285. The molecule has 0 aliphatic carbocycles. The fourth-order valence-electron chi connectivity index (χ4n) is 1.03. The third kappa shape index (κ3) is 1.31. The minimum atomic E-state index is -0.0600. The van der Waals surface area contributed by atoms with Crippen molar-refractivity contribution >= 4 is 5.91 Å². The molecule has 2 heterocycles. The third-order valence-electron chi connectivity index (χ3n) is 1.88. The lowest BCUT2D eigenvalue weighted by molar-refractivity contribution is 0.0924. The highest BCUT2D eigenvalue weighted by Crippen LogP contribution is 1.96. The molecule has 2 rings (SSSR count). The minimum Gasteiger partial charge on any atom is -0.347 e. The molecule has 1 aliphatic heterocycles. The number of carbonyl (C=O) groups excluding carboxylic acids is 1. The van der Waals surface area contributed by atoms with Gasteiger partial charge >= 0.3 is 0 Å². The molecule has 0 aromatic carbocycles. The predicted molar refractivity (Wildman–Crippen MR) is 42.7 cm³/mol. The lowest BCUT2D eigenvalue weighted by Crippen LogP contribution is -2.56. The van der Waals surface area contributed by atoms with E-state index >= 15 is 0 Å². The van der Waals surface area contributed by atoms with Gasteiger partial charge in [0.2, 0.25) is 0 Å². The fourth-order valence-corrected chi connectivity index (χ4v) is 1.03. The number of carbonyl (C=O) groups is 1. The van der Waals surface area contributed by atoms with Crippen molar-refractivity contribution in [1.29, 1.82) is 0 Å². The first-order valence-corrected chi connectivity index (χ1v) is 3.86. The number of hydrogen-bond acceptors (Lipinski definition) is 3. The van der Waals surface area contributed by atoms with Crippen LogP contribution in [0.4, 0.5) is 0 Å². The second-order valence-corrected chi connectivity index (χ2v) is 2.82. The number of amides is 1. The van der Waals surface area contributed by atoms with Gasteiger partial charge in [0.25, 0.3) is 5.91 Å². The first kappa shape index (κ1) is 7.30. The summed E-state index contributed by atoms with van der Waals surface area (Å²) in [5.41, 5.74) is 0.585. The first-order valence-electron chi connectivity index (χ1n) is 3.86. The lowest BCUT2D eigenvalue weighted by atomic mass is 10.2. The topological polar surface area (TPSA) is 69.8 Å². The molecule has 64 valence electrons. The molecule has 1 fully saturated rings. The number of hydrogen-bond donors (Lipinski definition) is 3. The van der Waals surface area contributed by atoms with Gasteiger partial charge in [0.1, 0.15) is 0 Å². The SMILES string of the molecule is O=C(NC1CNC1)c1cn[nH]c1. The van der Waals surface area contributed by atoms with Crippen LogP contribution in [-0.2, 0) is 0 Å². The summed E-state index contributed by atoms with van der Waals surface area (Å²) in [4.78, 5) is 11.3. The molecule has 1 amide bonds. The predicted octanol–water partition coefficient (Wildman–Crippen LogP) is -0.889. The molecule has 1 aromatic heterocycles. The lowest BCUT2D eigenvalue weighted by Gasteiger charge is -2.27. The molecule has 0 spiro atoms. The Labute approximate surface area is 69.5 Å². The van der Waals surface area contributed by atoms with Gasteiger partial charge in [-0.3, -0.25) is 9.89 Å². The van der Waals surface area contributed by atoms with E-state index in [-0.39, 0.29) is 11.9 Å². The Morgan fingerprint density at radius 2 is 2.50 bits per heavy atom. The van der Waals surface area contributed by atoms with Crippen LogP contribution in [0.3, 0.4) is 0 Å². The number of aromatic amines is 1. The zero-order valence-corrected chi connectivity index (χ0v) is 6.50. The standard InChI is InChI=1S/C7H10N4O/c12-7(5-1-9-10-2-5)11-6-3-8-4-6/h1-2,6,8H,3-4H2,(H,9,10)(H,11,12). The van der Waals surface area contributed by atoms with Gasteiger partial charge in [-0.25, -0.2) is 0 Å². The summed E-state index contributed by atoms with van der Waals surface area (Å²) in [7, 11) is 0. The molecular formula is C7H10N4O. The molecule has 0 bridgehead atoms. The van der Waals surface area contributed by atoms with Crippen LogP contribution < -0.4 is 10.6 Å². The van der Waals surface area contributed by atoms with Crippen LogP contribution in [0.25, 0.3) is 0 Å². The summed E-state index contributed by atoms with van der Waals surface area (Å²) >= 11 is 0. The zero-order chi connectivity index (χ0) is 8.39. The normalized spacial score (nSPS) is 17.0. The van der Waals surface area contributed by atoms with E-state index in [9.17, 15) is 4.79 Å². The Morgan fingerprint density at radius 1 is 1.67 bits per heavy atom. The number of rotatable bonds is 2. The number of aromatic nitrogens is 2. The summed E-state index contributed by atoms with van der Waals surface area (Å²) < 4.78 is 0. The van der Waals surface area contributed by atoms with E-state index in [2.05, 4.69) is 20.8 Å². The largest absolute Gasteiger partial charge is 0.347 e. The summed E-state index contributed by atoms with van der Waals surface area (Å²) in [6.45, 7) is 1.73. The molecular weight excluding hydrogens is 156 g/mol. The molecule has 12 heavy (non-hydrogen) atoms. The van der Waals surface area contributed by atoms with E-state index < -0.39 is 0 Å². The fraction of sp³-hybridized carbons (Fsp3) is 0.429. The first-order chi connectivity index (χ1) is 5.86. The van der Waals surface area contributed by atoms with Crippen LogP contribution >= 0.6 is 0 Å². The molecule has 0 unspecified atom stereocenters. The van der Waals surface area contributed by atoms with Crippen molar-refractivity contribution in [3.05, 3.63) is 18.0 Å². The van der Waals surface area contributed by atoms with Gasteiger partial charge in [-0.2, -0.15) is 5.10 Å². The maximum Gasteiger partial charge on any atom is 0.254 e. The van der Waals surface area contributed by atoms with Crippen LogP contribution in [0.2, 0.25) is 0 Å². The van der Waals surface area contributed by atoms with Gasteiger partial charge in [-0.15, -0.1) is 0 Å². The van der Waals surface area contributed by atoms with Gasteiger partial charge in [0.15, 0.2) is 0 Å². The van der Waals surface area contributed by atoms with Gasteiger partial charge < -0.3 is 10.6 Å². The van der Waals surface area contributed by atoms with E-state index in [1.165, 1.54) is 6.20 Å². The Balaban J connectivity index is 1.92. The van der Waals surface area contributed by atoms with E-state index in [0.717, 1.165) is 13.1 Å². The van der Waals surface area contributed by atoms with Gasteiger partial charge in [-0.05, 0) is 0 Å². The third-order valence-corrected chi connectivity index (χ3v) is 1.88. The quantitative estimate of drug-likeness (QED) is 0.534. The second-order valence-electron chi connectivity index (χ2n) is 2.82. The average Bonchev–Trinajstić information content (AvgIpc) is 2.47. The van der Waals surface area contributed by atoms with Crippen molar-refractivity contribution in [1.82, 2.24) is 20.8 Å². The van der Waals surface area contributed by atoms with E-state index in [0.29, 0.717) is 5.56 Å². The Hall–Kier alpha value is -1.36. The highest BCUT2D eigenvalue weighted by molar-refractivity contribution is 5.93. The van der Waals surface area contributed by atoms with Crippen LogP contribution in [0.15, 0.2) is 12.4 Å². The second kappa shape index (κ2) is 2.94. The van der Waals surface area contributed by atoms with Crippen molar-refractivity contribution in [3.63, 3.8) is 0 Å². The number of H-pyrrole nitrogens is 1. The zero-order valence-electron chi connectivity index (χ0n) is 6.50. The van der Waals surface area contributed by atoms with E-state index in [4.69, 9.17) is 0 Å². The summed E-state index contributed by atoms with van der Waals surface area (Å²) in [5.74, 6) is -0.0600. The molecule has 0 atom stereocenters. The van der Waals surface area contributed by atoms with E-state index in [1.54, 1.807) is 6.20 Å². The maximum atomic E-state index is 11.3. The summed E-state index contributed by atoms with van der Waals surface area (Å²) in [6.07, 6.45) is 3.10. The molecule has 5 heteroatoms. The maximum absolute atomic E-state index is 11.3. The van der Waals surface area contributed by atoms with Crippen LogP contribution in [0.1, 0.15) is 10.4 Å². The molecule has 5 nitrogen and oxygen atoms in total. The van der Waals surface area contributed by atoms with E-state index in [1.807, 2.05) is 0 Å². The molecule has 1 aromatic rings. The number of nitrogens with zero attached hydrogens (tertiary/aromatic N) is 1. The molecule has 3 N–H and O–H groups in total. The average molecular weight is 166 g/mol. The van der Waals surface area contributed by atoms with Gasteiger partial charge in [0, 0.05) is 19.3 Å². The molecule has 1 saturated heterocycles. The highest BCUT2D eigenvalue weighted by Gasteiger charge is 2.19. The van der Waals surface area contributed by atoms with Crippen molar-refractivity contribution in [2.24, 2.45) is 0 Å². The Morgan fingerprint density at radius 3 is 3.00 bits per heavy atom. The van der Waals surface area contributed by atoms with Crippen LogP contribution in [0, 0.1) is 0 Å². The Bertz CT molecular complexity index is 265. The summed E-state index contributed by atoms with van der Waals surface area (Å²) in [5, 5.41) is 12.2. The van der Waals surface area contributed by atoms with Crippen molar-refractivity contribution in [3.8, 4) is 0 Å². The number of nitrogens with one attached hydrogen (secondary N) is 3. The highest BCUT2D eigenvalue weighted by atomic mass is 16.1. The minimum absolute atomic E-state index is 0.0600. The van der Waals surface area contributed by atoms with Crippen LogP contribution in [0.5, 0.6) is 0 Å². The molecule has 1 aliphatic rings. The molecule has 0 saturated carbocycles. The smallest absolute Gasteiger partial charge is 0.254 e. The van der Waals surface area contributed by atoms with Crippen molar-refractivity contribution in [2.75, 3.05) is 13.1 Å². The van der Waals surface area contributed by atoms with Crippen molar-refractivity contribution in [2.45, 2.75) is 6.04 Å². The van der Waals surface area contributed by atoms with Gasteiger partial charge in [-0.1, -0.05) is 0 Å². The monoisotopic (exact) mass is 166 g/mol. The Kier molecular flexibility index (Phi) is 1.79. The van der Waals surface area contributed by atoms with Gasteiger partial charge in [0.05, 0.1) is 17.8 Å². The van der Waals surface area contributed by atoms with Crippen molar-refractivity contribution < 1.29 is 4.79 Å². The molecule has 0 radical (unpaired) electrons.